The summed E-state index contributed by atoms with van der Waals surface area (Å²) >= 11 is 0. The van der Waals surface area contributed by atoms with Crippen LogP contribution in [0.15, 0.2) is 48.8 Å². The number of esters is 1. The van der Waals surface area contributed by atoms with Crippen LogP contribution in [0.2, 0.25) is 0 Å². The van der Waals surface area contributed by atoms with Gasteiger partial charge in [-0.25, -0.2) is 13.0 Å². The number of pyridine rings is 1. The van der Waals surface area contributed by atoms with Crippen molar-refractivity contribution in [2.24, 2.45) is 0 Å². The molecule has 0 aliphatic heterocycles. The molecule has 0 saturated heterocycles. The fraction of sp³-hybridized carbons (Fsp3) is 0.333. The van der Waals surface area contributed by atoms with Crippen LogP contribution >= 0.6 is 0 Å². The van der Waals surface area contributed by atoms with E-state index in [1.807, 2.05) is 77.5 Å². The highest BCUT2D eigenvalue weighted by Crippen LogP contribution is 2.15. The number of aromatic nitrogens is 1. The Hall–Kier alpha value is -2.71. The highest BCUT2D eigenvalue weighted by atomic mass is 32.2. The number of likely N-dealkylation sites (N-methyl/N-ethyl adjacent to an activating group) is 1. The molecule has 0 atom stereocenters. The van der Waals surface area contributed by atoms with Crippen LogP contribution in [0.5, 0.6) is 0 Å². The Balaban J connectivity index is 1.90. The first-order valence-electron chi connectivity index (χ1n) is 9.34. The number of nitrogens with zero attached hydrogens (tertiary/aromatic N) is 2. The first-order chi connectivity index (χ1) is 13.8. The summed E-state index contributed by atoms with van der Waals surface area (Å²) in [6, 6.07) is 11.7. The van der Waals surface area contributed by atoms with E-state index >= 15 is 0 Å². The monoisotopic (exact) mass is 418 g/mol. The van der Waals surface area contributed by atoms with E-state index in [1.165, 1.54) is 0 Å². The lowest BCUT2D eigenvalue weighted by Gasteiger charge is -2.18. The molecular weight excluding hydrogens is 392 g/mol. The molecule has 0 aliphatic rings. The molecule has 7 nitrogen and oxygen atoms in total. The highest BCUT2D eigenvalue weighted by molar-refractivity contribution is 7.85. The number of benzene rings is 1. The van der Waals surface area contributed by atoms with E-state index in [0.29, 0.717) is 19.6 Å². The largest absolute Gasteiger partial charge is 0.748 e. The zero-order valence-corrected chi connectivity index (χ0v) is 17.5. The van der Waals surface area contributed by atoms with Crippen LogP contribution in [0.1, 0.15) is 24.5 Å². The molecule has 0 N–H and O–H groups in total. The Kier molecular flexibility index (Phi) is 8.35. The Morgan fingerprint density at radius 1 is 1.10 bits per heavy atom. The van der Waals surface area contributed by atoms with Crippen LogP contribution in [0.25, 0.3) is 12.2 Å². The van der Waals surface area contributed by atoms with Gasteiger partial charge in [-0.2, -0.15) is 0 Å². The minimum Gasteiger partial charge on any atom is -0.748 e. The van der Waals surface area contributed by atoms with Crippen LogP contribution in [0, 0.1) is 0 Å². The summed E-state index contributed by atoms with van der Waals surface area (Å²) in [5.41, 5.74) is 2.95. The van der Waals surface area contributed by atoms with Gasteiger partial charge in [0, 0.05) is 37.0 Å². The molecule has 0 unspecified atom stereocenters. The van der Waals surface area contributed by atoms with Crippen LogP contribution in [-0.4, -0.2) is 44.9 Å². The molecule has 0 amide bonds. The van der Waals surface area contributed by atoms with Crippen molar-refractivity contribution in [2.75, 3.05) is 30.9 Å². The van der Waals surface area contributed by atoms with E-state index in [9.17, 15) is 17.8 Å². The van der Waals surface area contributed by atoms with Gasteiger partial charge in [0.25, 0.3) is 0 Å². The number of hydrogen-bond acceptors (Lipinski definition) is 6. The zero-order valence-electron chi connectivity index (χ0n) is 16.7. The number of rotatable bonds is 10. The lowest BCUT2D eigenvalue weighted by molar-refractivity contribution is -0.696. The molecule has 0 saturated carbocycles. The van der Waals surface area contributed by atoms with Gasteiger partial charge in [-0.1, -0.05) is 24.3 Å². The predicted molar refractivity (Wildman–Crippen MR) is 111 cm³/mol. The minimum absolute atomic E-state index is 0.202. The second-order valence-electron chi connectivity index (χ2n) is 6.57. The third-order valence-electron chi connectivity index (χ3n) is 4.20. The van der Waals surface area contributed by atoms with Gasteiger partial charge in [0.15, 0.2) is 12.4 Å². The van der Waals surface area contributed by atoms with E-state index in [-0.39, 0.29) is 18.3 Å². The number of ether oxygens (including phenoxy) is 1. The van der Waals surface area contributed by atoms with Gasteiger partial charge in [-0.15, -0.1) is 0 Å². The topological polar surface area (TPSA) is 90.6 Å². The van der Waals surface area contributed by atoms with Gasteiger partial charge in [0.1, 0.15) is 13.1 Å². The number of hydrogen-bond donors (Lipinski definition) is 0. The third kappa shape index (κ3) is 8.45. The molecule has 2 rings (SSSR count). The molecule has 8 heteroatoms. The van der Waals surface area contributed by atoms with Crippen molar-refractivity contribution in [1.82, 2.24) is 0 Å². The SMILES string of the molecule is CCOC(=O)CN(C)c1ccc(/C=C/c2cc[n+](CCCS(=O)(=O)[O-])cc2)cc1. The summed E-state index contributed by atoms with van der Waals surface area (Å²) in [7, 11) is -2.32. The lowest BCUT2D eigenvalue weighted by Crippen LogP contribution is -2.33. The molecule has 0 bridgehead atoms. The van der Waals surface area contributed by atoms with Crippen LogP contribution in [-0.2, 0) is 26.2 Å². The van der Waals surface area contributed by atoms with Crippen molar-refractivity contribution in [3.63, 3.8) is 0 Å². The van der Waals surface area contributed by atoms with Crippen molar-refractivity contribution >= 4 is 33.9 Å². The summed E-state index contributed by atoms with van der Waals surface area (Å²) < 4.78 is 38.7. The van der Waals surface area contributed by atoms with E-state index in [4.69, 9.17) is 4.74 Å². The Labute approximate surface area is 172 Å². The molecular formula is C21H26N2O5S. The summed E-state index contributed by atoms with van der Waals surface area (Å²) in [6.45, 7) is 2.84. The zero-order chi connectivity index (χ0) is 21.3. The van der Waals surface area contributed by atoms with Crippen molar-refractivity contribution in [3.8, 4) is 0 Å². The smallest absolute Gasteiger partial charge is 0.325 e. The van der Waals surface area contributed by atoms with Gasteiger partial charge >= 0.3 is 5.97 Å². The molecule has 1 aromatic heterocycles. The standard InChI is InChI=1S/C21H26N2O5S/c1-3-28-21(24)17-22(2)20-9-7-18(8-10-20)5-6-19-11-14-23(15-12-19)13-4-16-29(25,26)27/h5-12,14-15H,3-4,13,16-17H2,1-2H3. The Bertz CT molecular complexity index is 923. The van der Waals surface area contributed by atoms with E-state index < -0.39 is 10.1 Å². The first-order valence-corrected chi connectivity index (χ1v) is 10.9. The highest BCUT2D eigenvalue weighted by Gasteiger charge is 2.07. The van der Waals surface area contributed by atoms with Crippen molar-refractivity contribution in [3.05, 3.63) is 59.9 Å². The van der Waals surface area contributed by atoms with Crippen LogP contribution in [0.3, 0.4) is 0 Å². The molecule has 0 spiro atoms. The Morgan fingerprint density at radius 2 is 1.69 bits per heavy atom. The van der Waals surface area contributed by atoms with Gasteiger partial charge in [0.05, 0.1) is 16.7 Å². The van der Waals surface area contributed by atoms with E-state index in [2.05, 4.69) is 0 Å². The van der Waals surface area contributed by atoms with Gasteiger partial charge in [0.2, 0.25) is 0 Å². The quantitative estimate of drug-likeness (QED) is 0.333. The molecule has 0 fully saturated rings. The maximum Gasteiger partial charge on any atom is 0.325 e. The minimum atomic E-state index is -4.16. The number of carbonyl (C=O) groups is 1. The number of carbonyl (C=O) groups excluding carboxylic acids is 1. The van der Waals surface area contributed by atoms with Crippen molar-refractivity contribution < 1.29 is 27.1 Å². The van der Waals surface area contributed by atoms with Gasteiger partial charge < -0.3 is 14.2 Å². The first kappa shape index (κ1) is 22.6. The van der Waals surface area contributed by atoms with Crippen LogP contribution < -0.4 is 9.47 Å². The fourth-order valence-electron chi connectivity index (χ4n) is 2.68. The maximum absolute atomic E-state index is 11.6. The third-order valence-corrected chi connectivity index (χ3v) is 4.99. The summed E-state index contributed by atoms with van der Waals surface area (Å²) in [5.74, 6) is -0.609. The second kappa shape index (κ2) is 10.7. The maximum atomic E-state index is 11.6. The average Bonchev–Trinajstić information content (AvgIpc) is 2.67. The second-order valence-corrected chi connectivity index (χ2v) is 8.09. The van der Waals surface area contributed by atoms with Gasteiger partial charge in [-0.05, 0) is 30.2 Å². The lowest BCUT2D eigenvalue weighted by atomic mass is 10.1. The number of aryl methyl sites for hydroxylation is 1. The molecule has 0 aliphatic carbocycles. The molecule has 0 radical (unpaired) electrons. The summed E-state index contributed by atoms with van der Waals surface area (Å²) in [6.07, 6.45) is 7.96. The molecule has 1 aromatic carbocycles. The summed E-state index contributed by atoms with van der Waals surface area (Å²) in [5, 5.41) is 0. The predicted octanol–water partition coefficient (Wildman–Crippen LogP) is 2.08. The number of anilines is 1. The van der Waals surface area contributed by atoms with Crippen molar-refractivity contribution in [1.29, 1.82) is 0 Å². The van der Waals surface area contributed by atoms with E-state index in [1.54, 1.807) is 6.92 Å². The molecule has 29 heavy (non-hydrogen) atoms. The average molecular weight is 419 g/mol. The van der Waals surface area contributed by atoms with Crippen molar-refractivity contribution in [2.45, 2.75) is 19.9 Å². The summed E-state index contributed by atoms with van der Waals surface area (Å²) in [4.78, 5) is 13.4. The molecule has 156 valence electrons. The van der Waals surface area contributed by atoms with Crippen LogP contribution in [0.4, 0.5) is 5.69 Å². The molecule has 2 aromatic rings. The Morgan fingerprint density at radius 3 is 2.24 bits per heavy atom. The van der Waals surface area contributed by atoms with Gasteiger partial charge in [-0.3, -0.25) is 4.79 Å². The normalized spacial score (nSPS) is 11.6. The molecule has 1 heterocycles. The van der Waals surface area contributed by atoms with E-state index in [0.717, 1.165) is 16.8 Å². The fourth-order valence-corrected chi connectivity index (χ4v) is 3.16.